The average molecular weight is 317 g/mol. The van der Waals surface area contributed by atoms with Crippen LogP contribution < -0.4 is 10.8 Å². The minimum absolute atomic E-state index is 0.0598. The van der Waals surface area contributed by atoms with E-state index in [-0.39, 0.29) is 18.4 Å². The van der Waals surface area contributed by atoms with E-state index in [1.54, 1.807) is 24.3 Å². The molecule has 0 bridgehead atoms. The van der Waals surface area contributed by atoms with Crippen LogP contribution in [0.25, 0.3) is 5.70 Å². The summed E-state index contributed by atoms with van der Waals surface area (Å²) in [5.74, 6) is -0.0598. The van der Waals surface area contributed by atoms with Gasteiger partial charge in [-0.05, 0) is 32.1 Å². The van der Waals surface area contributed by atoms with Crippen LogP contribution >= 0.6 is 23.2 Å². The summed E-state index contributed by atoms with van der Waals surface area (Å²) >= 11 is 11.9. The maximum atomic E-state index is 11.6. The van der Waals surface area contributed by atoms with Crippen LogP contribution in [-0.2, 0) is 9.63 Å². The van der Waals surface area contributed by atoms with E-state index in [0.717, 1.165) is 5.56 Å². The SMILES string of the molecule is CONC(=CCC(=O)NC(C)C)c1ccc(Cl)c(Cl)c1. The van der Waals surface area contributed by atoms with Gasteiger partial charge in [-0.3, -0.25) is 15.1 Å². The van der Waals surface area contributed by atoms with E-state index in [9.17, 15) is 4.79 Å². The zero-order valence-corrected chi connectivity index (χ0v) is 13.2. The van der Waals surface area contributed by atoms with E-state index < -0.39 is 0 Å². The van der Waals surface area contributed by atoms with E-state index >= 15 is 0 Å². The molecule has 0 aliphatic rings. The van der Waals surface area contributed by atoms with Crippen LogP contribution in [0.1, 0.15) is 25.8 Å². The van der Waals surface area contributed by atoms with Crippen molar-refractivity contribution in [2.75, 3.05) is 7.11 Å². The number of rotatable bonds is 6. The first-order valence-corrected chi connectivity index (χ1v) is 6.93. The Hall–Kier alpha value is -1.23. The van der Waals surface area contributed by atoms with Crippen LogP contribution in [0.4, 0.5) is 0 Å². The summed E-state index contributed by atoms with van der Waals surface area (Å²) in [6.45, 7) is 3.82. The number of carbonyl (C=O) groups excluding carboxylic acids is 1. The molecule has 0 aliphatic heterocycles. The van der Waals surface area contributed by atoms with Crippen molar-refractivity contribution in [2.45, 2.75) is 26.3 Å². The highest BCUT2D eigenvalue weighted by molar-refractivity contribution is 6.42. The Kier molecular flexibility index (Phi) is 6.85. The zero-order valence-electron chi connectivity index (χ0n) is 11.7. The van der Waals surface area contributed by atoms with Gasteiger partial charge in [0.15, 0.2) is 0 Å². The largest absolute Gasteiger partial charge is 0.354 e. The third-order valence-electron chi connectivity index (χ3n) is 2.38. The summed E-state index contributed by atoms with van der Waals surface area (Å²) in [5, 5.41) is 3.73. The second-order valence-electron chi connectivity index (χ2n) is 4.48. The second kappa shape index (κ2) is 8.15. The van der Waals surface area contributed by atoms with Crippen molar-refractivity contribution in [3.05, 3.63) is 39.9 Å². The molecule has 1 amide bonds. The highest BCUT2D eigenvalue weighted by atomic mass is 35.5. The molecule has 0 aliphatic carbocycles. The van der Waals surface area contributed by atoms with E-state index in [0.29, 0.717) is 15.7 Å². The molecule has 0 aromatic heterocycles. The van der Waals surface area contributed by atoms with Crippen molar-refractivity contribution in [3.63, 3.8) is 0 Å². The molecule has 2 N–H and O–H groups in total. The van der Waals surface area contributed by atoms with E-state index in [1.807, 2.05) is 13.8 Å². The predicted molar refractivity (Wildman–Crippen MR) is 82.5 cm³/mol. The second-order valence-corrected chi connectivity index (χ2v) is 5.29. The van der Waals surface area contributed by atoms with Crippen LogP contribution in [0.3, 0.4) is 0 Å². The molecule has 0 saturated carbocycles. The highest BCUT2D eigenvalue weighted by Crippen LogP contribution is 2.25. The standard InChI is InChI=1S/C14H18Cl2N2O2/c1-9(2)17-14(19)7-6-13(18-20-3)10-4-5-11(15)12(16)8-10/h4-6,8-9,18H,7H2,1-3H3,(H,17,19). The molecule has 20 heavy (non-hydrogen) atoms. The molecule has 0 spiro atoms. The molecule has 0 fully saturated rings. The van der Waals surface area contributed by atoms with Gasteiger partial charge in [0, 0.05) is 18.0 Å². The quantitative estimate of drug-likeness (QED) is 0.791. The third-order valence-corrected chi connectivity index (χ3v) is 3.12. The molecule has 1 aromatic carbocycles. The summed E-state index contributed by atoms with van der Waals surface area (Å²) in [6.07, 6.45) is 1.98. The summed E-state index contributed by atoms with van der Waals surface area (Å²) in [4.78, 5) is 16.6. The monoisotopic (exact) mass is 316 g/mol. The lowest BCUT2D eigenvalue weighted by atomic mass is 10.1. The Morgan fingerprint density at radius 1 is 1.35 bits per heavy atom. The van der Waals surface area contributed by atoms with Gasteiger partial charge in [-0.25, -0.2) is 0 Å². The molecule has 110 valence electrons. The number of hydroxylamine groups is 1. The minimum Gasteiger partial charge on any atom is -0.354 e. The number of hydrogen-bond donors (Lipinski definition) is 2. The van der Waals surface area contributed by atoms with Gasteiger partial charge < -0.3 is 5.32 Å². The van der Waals surface area contributed by atoms with Crippen LogP contribution in [0, 0.1) is 0 Å². The number of carbonyl (C=O) groups is 1. The fourth-order valence-corrected chi connectivity index (χ4v) is 1.87. The Morgan fingerprint density at radius 3 is 2.60 bits per heavy atom. The van der Waals surface area contributed by atoms with Gasteiger partial charge in [0.25, 0.3) is 0 Å². The van der Waals surface area contributed by atoms with Gasteiger partial charge in [0.05, 0.1) is 22.9 Å². The molecule has 0 atom stereocenters. The highest BCUT2D eigenvalue weighted by Gasteiger charge is 2.07. The summed E-state index contributed by atoms with van der Waals surface area (Å²) in [5.41, 5.74) is 4.18. The number of halogens is 2. The predicted octanol–water partition coefficient (Wildman–Crippen LogP) is 3.40. The summed E-state index contributed by atoms with van der Waals surface area (Å²) in [6, 6.07) is 5.31. The van der Waals surface area contributed by atoms with Gasteiger partial charge in [-0.2, -0.15) is 0 Å². The van der Waals surface area contributed by atoms with Gasteiger partial charge in [0.2, 0.25) is 5.91 Å². The fraction of sp³-hybridized carbons (Fsp3) is 0.357. The third kappa shape index (κ3) is 5.41. The molecule has 1 rings (SSSR count). The zero-order chi connectivity index (χ0) is 15.1. The van der Waals surface area contributed by atoms with Gasteiger partial charge >= 0.3 is 0 Å². The fourth-order valence-electron chi connectivity index (χ4n) is 1.57. The molecule has 0 unspecified atom stereocenters. The number of nitrogens with one attached hydrogen (secondary N) is 2. The van der Waals surface area contributed by atoms with Gasteiger partial charge in [-0.1, -0.05) is 29.3 Å². The lowest BCUT2D eigenvalue weighted by molar-refractivity contribution is -0.120. The van der Waals surface area contributed by atoms with Crippen molar-refractivity contribution >= 4 is 34.8 Å². The average Bonchev–Trinajstić information content (AvgIpc) is 2.37. The Labute approximate surface area is 129 Å². The Bertz CT molecular complexity index is 502. The van der Waals surface area contributed by atoms with Crippen LogP contribution in [0.15, 0.2) is 24.3 Å². The molecule has 4 nitrogen and oxygen atoms in total. The minimum atomic E-state index is -0.0598. The van der Waals surface area contributed by atoms with Crippen LogP contribution in [0.2, 0.25) is 10.0 Å². The van der Waals surface area contributed by atoms with Crippen molar-refractivity contribution in [3.8, 4) is 0 Å². The first kappa shape index (κ1) is 16.8. The van der Waals surface area contributed by atoms with Gasteiger partial charge in [0.1, 0.15) is 0 Å². The normalized spacial score (nSPS) is 11.6. The molecular weight excluding hydrogens is 299 g/mol. The summed E-state index contributed by atoms with van der Waals surface area (Å²) in [7, 11) is 1.50. The Balaban J connectivity index is 2.87. The lowest BCUT2D eigenvalue weighted by Gasteiger charge is -2.11. The molecule has 0 radical (unpaired) electrons. The Morgan fingerprint density at radius 2 is 2.05 bits per heavy atom. The first-order chi connectivity index (χ1) is 9.43. The lowest BCUT2D eigenvalue weighted by Crippen LogP contribution is -2.29. The molecular formula is C14H18Cl2N2O2. The number of benzene rings is 1. The van der Waals surface area contributed by atoms with Crippen molar-refractivity contribution in [2.24, 2.45) is 0 Å². The molecule has 0 heterocycles. The molecule has 0 saturated heterocycles. The van der Waals surface area contributed by atoms with Gasteiger partial charge in [-0.15, -0.1) is 0 Å². The summed E-state index contributed by atoms with van der Waals surface area (Å²) < 4.78 is 0. The van der Waals surface area contributed by atoms with E-state index in [2.05, 4.69) is 10.8 Å². The first-order valence-electron chi connectivity index (χ1n) is 6.18. The van der Waals surface area contributed by atoms with Crippen molar-refractivity contribution in [1.29, 1.82) is 0 Å². The topological polar surface area (TPSA) is 50.4 Å². The number of hydrogen-bond acceptors (Lipinski definition) is 3. The van der Waals surface area contributed by atoms with Crippen LogP contribution in [0.5, 0.6) is 0 Å². The van der Waals surface area contributed by atoms with Crippen molar-refractivity contribution < 1.29 is 9.63 Å². The van der Waals surface area contributed by atoms with E-state index in [1.165, 1.54) is 7.11 Å². The number of amides is 1. The molecule has 6 heteroatoms. The maximum absolute atomic E-state index is 11.6. The van der Waals surface area contributed by atoms with Crippen LogP contribution in [-0.4, -0.2) is 19.1 Å². The smallest absolute Gasteiger partial charge is 0.224 e. The maximum Gasteiger partial charge on any atom is 0.224 e. The molecule has 1 aromatic rings. The van der Waals surface area contributed by atoms with Crippen molar-refractivity contribution in [1.82, 2.24) is 10.8 Å². The van der Waals surface area contributed by atoms with E-state index in [4.69, 9.17) is 28.0 Å².